The summed E-state index contributed by atoms with van der Waals surface area (Å²) in [7, 11) is 0. The Hall–Kier alpha value is -7.02. The van der Waals surface area contributed by atoms with Crippen LogP contribution in [0.4, 0.5) is 0 Å². The van der Waals surface area contributed by atoms with Gasteiger partial charge in [0.25, 0.3) is 0 Å². The quantitative estimate of drug-likeness (QED) is 0.163. The Morgan fingerprint density at radius 2 is 0.476 bits per heavy atom. The van der Waals surface area contributed by atoms with E-state index in [0.717, 1.165) is 0 Å². The molecule has 3 aliphatic rings. The second-order valence-electron chi connectivity index (χ2n) is 19.7. The first-order valence-electron chi connectivity index (χ1n) is 22.6. The van der Waals surface area contributed by atoms with Gasteiger partial charge >= 0.3 is 0 Å². The van der Waals surface area contributed by atoms with Crippen molar-refractivity contribution < 1.29 is 0 Å². The largest absolute Gasteiger partial charge is 0.0622 e. The van der Waals surface area contributed by atoms with E-state index in [4.69, 9.17) is 0 Å². The molecule has 0 saturated carbocycles. The number of fused-ring (bicyclic) bond motifs is 9. The molecule has 0 atom stereocenters. The van der Waals surface area contributed by atoms with Gasteiger partial charge in [-0.3, -0.25) is 0 Å². The van der Waals surface area contributed by atoms with Crippen LogP contribution in [0.1, 0.15) is 74.9 Å². The van der Waals surface area contributed by atoms with E-state index in [1.165, 1.54) is 122 Å². The molecule has 0 amide bonds. The molecule has 0 aromatic heterocycles. The van der Waals surface area contributed by atoms with Gasteiger partial charge in [0.15, 0.2) is 0 Å². The van der Waals surface area contributed by atoms with Crippen molar-refractivity contribution in [1.82, 2.24) is 0 Å². The third-order valence-electron chi connectivity index (χ3n) is 15.1. The Bertz CT molecular complexity index is 3350. The summed E-state index contributed by atoms with van der Waals surface area (Å²) in [6.07, 6.45) is 0. The predicted molar refractivity (Wildman–Crippen MR) is 266 cm³/mol. The van der Waals surface area contributed by atoms with E-state index in [9.17, 15) is 0 Å². The standard InChI is InChI=1S/C63H50/c1-61(2)55-22-13-12-21-49(55)50-28-23-41(34-56(50)61)42-24-29-51-52-30-25-43(36-58(52)62(3,4)57(51)35-42)44-26-31-53-54-32-27-46(38-60(54)63(5,6)59(53)37-44)48-20-11-10-19-47(48)45-18-14-17-40(33-45)39-15-8-7-9-16-39/h7-38H,1-6H3. The average molecular weight is 807 g/mol. The minimum Gasteiger partial charge on any atom is -0.0622 e. The minimum absolute atomic E-state index is 0.0218. The molecule has 0 saturated heterocycles. The molecule has 0 heterocycles. The molecule has 0 fully saturated rings. The van der Waals surface area contributed by atoms with Crippen molar-refractivity contribution in [1.29, 1.82) is 0 Å². The average Bonchev–Trinajstić information content (AvgIpc) is 3.80. The summed E-state index contributed by atoms with van der Waals surface area (Å²) < 4.78 is 0. The fourth-order valence-corrected chi connectivity index (χ4v) is 11.5. The maximum absolute atomic E-state index is 2.47. The van der Waals surface area contributed by atoms with Crippen LogP contribution in [0.2, 0.25) is 0 Å². The highest BCUT2D eigenvalue weighted by Crippen LogP contribution is 2.54. The third kappa shape index (κ3) is 5.60. The van der Waals surface area contributed by atoms with Crippen LogP contribution in [0.25, 0.3) is 89.0 Å². The van der Waals surface area contributed by atoms with E-state index < -0.39 is 0 Å². The summed E-state index contributed by atoms with van der Waals surface area (Å²) >= 11 is 0. The fourth-order valence-electron chi connectivity index (χ4n) is 11.5. The van der Waals surface area contributed by atoms with Crippen molar-refractivity contribution >= 4 is 0 Å². The van der Waals surface area contributed by atoms with Gasteiger partial charge < -0.3 is 0 Å². The molecule has 0 heteroatoms. The molecule has 0 spiro atoms. The van der Waals surface area contributed by atoms with E-state index >= 15 is 0 Å². The summed E-state index contributed by atoms with van der Waals surface area (Å²) in [4.78, 5) is 0. The van der Waals surface area contributed by atoms with Gasteiger partial charge in [-0.2, -0.15) is 0 Å². The van der Waals surface area contributed by atoms with Gasteiger partial charge in [0.2, 0.25) is 0 Å². The number of benzene rings is 9. The second-order valence-corrected chi connectivity index (χ2v) is 19.7. The van der Waals surface area contributed by atoms with Crippen molar-refractivity contribution in [2.24, 2.45) is 0 Å². The van der Waals surface area contributed by atoms with Gasteiger partial charge in [0, 0.05) is 16.2 Å². The van der Waals surface area contributed by atoms with Gasteiger partial charge in [-0.1, -0.05) is 199 Å². The van der Waals surface area contributed by atoms with Crippen molar-refractivity contribution in [2.45, 2.75) is 57.8 Å². The highest BCUT2D eigenvalue weighted by atomic mass is 14.4. The summed E-state index contributed by atoms with van der Waals surface area (Å²) in [6.45, 7) is 14.4. The van der Waals surface area contributed by atoms with Crippen LogP contribution in [0.3, 0.4) is 0 Å². The van der Waals surface area contributed by atoms with Gasteiger partial charge in [0.1, 0.15) is 0 Å². The lowest BCUT2D eigenvalue weighted by Crippen LogP contribution is -2.16. The van der Waals surface area contributed by atoms with Crippen LogP contribution >= 0.6 is 0 Å². The van der Waals surface area contributed by atoms with E-state index in [-0.39, 0.29) is 16.2 Å². The highest BCUT2D eigenvalue weighted by molar-refractivity contribution is 5.92. The Morgan fingerprint density at radius 1 is 0.190 bits per heavy atom. The first-order valence-corrected chi connectivity index (χ1v) is 22.6. The van der Waals surface area contributed by atoms with Crippen LogP contribution in [-0.2, 0) is 16.2 Å². The lowest BCUT2D eigenvalue weighted by molar-refractivity contribution is 0.659. The first kappa shape index (κ1) is 37.7. The SMILES string of the molecule is CC1(C)c2ccccc2-c2ccc(-c3ccc4c(c3)C(C)(C)c3cc(-c5ccc6c(c5)C(C)(C)c5cc(-c7ccccc7-c7cccc(-c8ccccc8)c7)ccc5-6)ccc3-4)cc21. The third-order valence-corrected chi connectivity index (χ3v) is 15.1. The minimum atomic E-state index is -0.156. The number of hydrogen-bond donors (Lipinski definition) is 0. The summed E-state index contributed by atoms with van der Waals surface area (Å²) in [5.74, 6) is 0. The Morgan fingerprint density at radius 3 is 0.937 bits per heavy atom. The Labute approximate surface area is 372 Å². The topological polar surface area (TPSA) is 0 Å². The van der Waals surface area contributed by atoms with E-state index in [1.807, 2.05) is 0 Å². The van der Waals surface area contributed by atoms with Crippen molar-refractivity contribution in [2.75, 3.05) is 0 Å². The zero-order valence-electron chi connectivity index (χ0n) is 37.0. The maximum Gasteiger partial charge on any atom is 0.0159 e. The molecule has 0 aliphatic heterocycles. The first-order chi connectivity index (χ1) is 30.5. The fraction of sp³-hybridized carbons (Fsp3) is 0.143. The molecule has 0 bridgehead atoms. The lowest BCUT2D eigenvalue weighted by Gasteiger charge is -2.24. The molecule has 12 rings (SSSR count). The maximum atomic E-state index is 2.47. The zero-order valence-corrected chi connectivity index (χ0v) is 37.0. The Balaban J connectivity index is 0.859. The molecule has 3 aliphatic carbocycles. The normalized spacial score (nSPS) is 15.2. The van der Waals surface area contributed by atoms with Gasteiger partial charge in [0.05, 0.1) is 0 Å². The highest BCUT2D eigenvalue weighted by Gasteiger charge is 2.39. The molecule has 0 radical (unpaired) electrons. The number of rotatable bonds is 5. The van der Waals surface area contributed by atoms with Crippen LogP contribution in [-0.4, -0.2) is 0 Å². The van der Waals surface area contributed by atoms with Crippen molar-refractivity contribution in [3.8, 4) is 89.0 Å². The molecule has 63 heavy (non-hydrogen) atoms. The van der Waals surface area contributed by atoms with Crippen LogP contribution < -0.4 is 0 Å². The van der Waals surface area contributed by atoms with Gasteiger partial charge in [-0.05, 0) is 159 Å². The molecular weight excluding hydrogens is 757 g/mol. The predicted octanol–water partition coefficient (Wildman–Crippen LogP) is 16.9. The van der Waals surface area contributed by atoms with Crippen LogP contribution in [0.15, 0.2) is 194 Å². The molecule has 0 unspecified atom stereocenters. The smallest absolute Gasteiger partial charge is 0.0159 e. The van der Waals surface area contributed by atoms with E-state index in [1.54, 1.807) is 0 Å². The molecular formula is C63H50. The monoisotopic (exact) mass is 806 g/mol. The molecule has 302 valence electrons. The summed E-state index contributed by atoms with van der Waals surface area (Å²) in [6, 6.07) is 73.2. The summed E-state index contributed by atoms with van der Waals surface area (Å²) in [5.41, 5.74) is 28.8. The van der Waals surface area contributed by atoms with Gasteiger partial charge in [-0.15, -0.1) is 0 Å². The van der Waals surface area contributed by atoms with E-state index in [2.05, 4.69) is 236 Å². The van der Waals surface area contributed by atoms with Gasteiger partial charge in [-0.25, -0.2) is 0 Å². The summed E-state index contributed by atoms with van der Waals surface area (Å²) in [5, 5.41) is 0. The Kier molecular flexibility index (Phi) is 8.08. The zero-order chi connectivity index (χ0) is 42.8. The lowest BCUT2D eigenvalue weighted by atomic mass is 9.79. The second kappa shape index (κ2) is 13.5. The van der Waals surface area contributed by atoms with Crippen LogP contribution in [0, 0.1) is 0 Å². The van der Waals surface area contributed by atoms with Crippen molar-refractivity contribution in [3.05, 3.63) is 228 Å². The molecule has 9 aromatic carbocycles. The number of hydrogen-bond acceptors (Lipinski definition) is 0. The molecule has 0 N–H and O–H groups in total. The van der Waals surface area contributed by atoms with Crippen molar-refractivity contribution in [3.63, 3.8) is 0 Å². The molecule has 9 aromatic rings. The molecule has 0 nitrogen and oxygen atoms in total. The van der Waals surface area contributed by atoms with E-state index in [0.29, 0.717) is 0 Å². The van der Waals surface area contributed by atoms with Crippen LogP contribution in [0.5, 0.6) is 0 Å².